The van der Waals surface area contributed by atoms with E-state index in [1.165, 1.54) is 0 Å². The van der Waals surface area contributed by atoms with Crippen molar-refractivity contribution >= 4 is 34.9 Å². The molecule has 0 aromatic heterocycles. The van der Waals surface area contributed by atoms with Gasteiger partial charge in [0.15, 0.2) is 0 Å². The molecule has 6 heteroatoms. The molecule has 1 unspecified atom stereocenters. The lowest BCUT2D eigenvalue weighted by molar-refractivity contribution is 0.159. The fraction of sp³-hybridized carbons (Fsp3) is 0.462. The van der Waals surface area contributed by atoms with Crippen molar-refractivity contribution < 1.29 is 9.90 Å². The number of benzene rings is 1. The van der Waals surface area contributed by atoms with Crippen LogP contribution in [0.2, 0.25) is 10.0 Å². The van der Waals surface area contributed by atoms with Crippen molar-refractivity contribution in [1.82, 2.24) is 5.32 Å². The highest BCUT2D eigenvalue weighted by Crippen LogP contribution is 2.39. The molecule has 1 aliphatic carbocycles. The molecule has 1 aliphatic rings. The molecule has 0 bridgehead atoms. The fourth-order valence-electron chi connectivity index (χ4n) is 1.99. The van der Waals surface area contributed by atoms with Crippen molar-refractivity contribution in [3.05, 3.63) is 28.2 Å². The summed E-state index contributed by atoms with van der Waals surface area (Å²) < 4.78 is 0. The minimum atomic E-state index is -0.580. The molecular formula is C13H16Cl2N2O2. The van der Waals surface area contributed by atoms with Crippen LogP contribution in [0.15, 0.2) is 18.2 Å². The monoisotopic (exact) mass is 302 g/mol. The van der Waals surface area contributed by atoms with E-state index < -0.39 is 5.54 Å². The first-order chi connectivity index (χ1) is 8.94. The molecular weight excluding hydrogens is 287 g/mol. The van der Waals surface area contributed by atoms with Gasteiger partial charge in [-0.1, -0.05) is 23.2 Å². The molecule has 19 heavy (non-hydrogen) atoms. The number of aliphatic hydroxyl groups excluding tert-OH is 1. The highest BCUT2D eigenvalue weighted by atomic mass is 35.5. The Morgan fingerprint density at radius 2 is 2.16 bits per heavy atom. The van der Waals surface area contributed by atoms with Gasteiger partial charge in [-0.2, -0.15) is 0 Å². The van der Waals surface area contributed by atoms with Gasteiger partial charge in [0.1, 0.15) is 0 Å². The normalized spacial score (nSPS) is 17.7. The summed E-state index contributed by atoms with van der Waals surface area (Å²) in [6.45, 7) is 1.76. The minimum Gasteiger partial charge on any atom is -0.394 e. The second-order valence-corrected chi connectivity index (χ2v) is 5.90. The number of halogens is 2. The SMILES string of the molecule is CC(CO)(NC(=O)Nc1ccc(Cl)cc1Cl)C1CC1. The van der Waals surface area contributed by atoms with Crippen LogP contribution in [0.25, 0.3) is 0 Å². The molecule has 2 rings (SSSR count). The van der Waals surface area contributed by atoms with E-state index in [0.29, 0.717) is 21.7 Å². The van der Waals surface area contributed by atoms with Gasteiger partial charge in [-0.25, -0.2) is 4.79 Å². The van der Waals surface area contributed by atoms with Gasteiger partial charge in [0.2, 0.25) is 0 Å². The van der Waals surface area contributed by atoms with Crippen molar-refractivity contribution in [3.63, 3.8) is 0 Å². The summed E-state index contributed by atoms with van der Waals surface area (Å²) in [6.07, 6.45) is 2.05. The largest absolute Gasteiger partial charge is 0.394 e. The smallest absolute Gasteiger partial charge is 0.319 e. The zero-order valence-electron chi connectivity index (χ0n) is 10.5. The Bertz CT molecular complexity index is 492. The van der Waals surface area contributed by atoms with Gasteiger partial charge in [0, 0.05) is 5.02 Å². The molecule has 0 radical (unpaired) electrons. The van der Waals surface area contributed by atoms with E-state index in [0.717, 1.165) is 12.8 Å². The van der Waals surface area contributed by atoms with Crippen LogP contribution in [0.5, 0.6) is 0 Å². The molecule has 0 heterocycles. The topological polar surface area (TPSA) is 61.4 Å². The Hall–Kier alpha value is -0.970. The predicted octanol–water partition coefficient (Wildman–Crippen LogP) is 3.28. The number of carbonyl (C=O) groups is 1. The van der Waals surface area contributed by atoms with Gasteiger partial charge in [-0.3, -0.25) is 0 Å². The van der Waals surface area contributed by atoms with Crippen molar-refractivity contribution in [1.29, 1.82) is 0 Å². The lowest BCUT2D eigenvalue weighted by Crippen LogP contribution is -2.52. The summed E-state index contributed by atoms with van der Waals surface area (Å²) in [4.78, 5) is 11.9. The number of aliphatic hydroxyl groups is 1. The quantitative estimate of drug-likeness (QED) is 0.799. The standard InChI is InChI=1S/C13H16Cl2N2O2/c1-13(7-18,8-2-3-8)17-12(19)16-11-5-4-9(14)6-10(11)15/h4-6,8,18H,2-3,7H2,1H3,(H2,16,17,19). The van der Waals surface area contributed by atoms with Crippen molar-refractivity contribution in [2.24, 2.45) is 5.92 Å². The second kappa shape index (κ2) is 5.57. The molecule has 1 fully saturated rings. The maximum Gasteiger partial charge on any atom is 0.319 e. The summed E-state index contributed by atoms with van der Waals surface area (Å²) in [5.41, 5.74) is -0.0946. The molecule has 1 atom stereocenters. The van der Waals surface area contributed by atoms with E-state index in [2.05, 4.69) is 10.6 Å². The van der Waals surface area contributed by atoms with Crippen molar-refractivity contribution in [2.75, 3.05) is 11.9 Å². The third-order valence-corrected chi connectivity index (χ3v) is 3.93. The van der Waals surface area contributed by atoms with Crippen LogP contribution in [0.4, 0.5) is 10.5 Å². The number of rotatable bonds is 4. The third kappa shape index (κ3) is 3.53. The van der Waals surface area contributed by atoms with E-state index in [-0.39, 0.29) is 12.6 Å². The molecule has 4 nitrogen and oxygen atoms in total. The Labute approximate surface area is 122 Å². The van der Waals surface area contributed by atoms with Crippen molar-refractivity contribution in [2.45, 2.75) is 25.3 Å². The number of hydrogen-bond donors (Lipinski definition) is 3. The summed E-state index contributed by atoms with van der Waals surface area (Å²) in [6, 6.07) is 4.46. The molecule has 0 aliphatic heterocycles. The number of carbonyl (C=O) groups excluding carboxylic acids is 1. The van der Waals surface area contributed by atoms with E-state index in [4.69, 9.17) is 23.2 Å². The average molecular weight is 303 g/mol. The van der Waals surface area contributed by atoms with Gasteiger partial charge >= 0.3 is 6.03 Å². The highest BCUT2D eigenvalue weighted by Gasteiger charge is 2.42. The maximum absolute atomic E-state index is 11.9. The molecule has 104 valence electrons. The molecule has 3 N–H and O–H groups in total. The first-order valence-corrected chi connectivity index (χ1v) is 6.85. The molecule has 1 saturated carbocycles. The molecule has 0 saturated heterocycles. The fourth-order valence-corrected chi connectivity index (χ4v) is 2.45. The van der Waals surface area contributed by atoms with E-state index >= 15 is 0 Å². The maximum atomic E-state index is 11.9. The third-order valence-electron chi connectivity index (χ3n) is 3.39. The average Bonchev–Trinajstić information content (AvgIpc) is 3.17. The second-order valence-electron chi connectivity index (χ2n) is 5.05. The van der Waals surface area contributed by atoms with E-state index in [9.17, 15) is 9.90 Å². The van der Waals surface area contributed by atoms with Crippen LogP contribution in [0.1, 0.15) is 19.8 Å². The zero-order chi connectivity index (χ0) is 14.0. The number of anilines is 1. The Kier molecular flexibility index (Phi) is 4.23. The molecule has 1 aromatic carbocycles. The summed E-state index contributed by atoms with van der Waals surface area (Å²) in [5.74, 6) is 0.337. The molecule has 2 amide bonds. The van der Waals surface area contributed by atoms with Crippen LogP contribution in [-0.4, -0.2) is 23.3 Å². The Morgan fingerprint density at radius 1 is 1.47 bits per heavy atom. The summed E-state index contributed by atoms with van der Waals surface area (Å²) in [7, 11) is 0. The Balaban J connectivity index is 2.00. The van der Waals surface area contributed by atoms with Gasteiger partial charge in [-0.15, -0.1) is 0 Å². The highest BCUT2D eigenvalue weighted by molar-refractivity contribution is 6.36. The summed E-state index contributed by atoms with van der Waals surface area (Å²) >= 11 is 11.8. The first kappa shape index (κ1) is 14.4. The van der Waals surface area contributed by atoms with Gasteiger partial charge < -0.3 is 15.7 Å². The molecule has 1 aromatic rings. The number of hydrogen-bond acceptors (Lipinski definition) is 2. The van der Waals surface area contributed by atoms with Gasteiger partial charge in [0.05, 0.1) is 22.9 Å². The van der Waals surface area contributed by atoms with Crippen LogP contribution in [-0.2, 0) is 0 Å². The number of nitrogens with one attached hydrogen (secondary N) is 2. The van der Waals surface area contributed by atoms with Crippen LogP contribution < -0.4 is 10.6 Å². The van der Waals surface area contributed by atoms with Gasteiger partial charge in [0.25, 0.3) is 0 Å². The van der Waals surface area contributed by atoms with Crippen LogP contribution in [0.3, 0.4) is 0 Å². The number of urea groups is 1. The van der Waals surface area contributed by atoms with E-state index in [1.807, 2.05) is 6.92 Å². The van der Waals surface area contributed by atoms with E-state index in [1.54, 1.807) is 18.2 Å². The zero-order valence-corrected chi connectivity index (χ0v) is 12.1. The van der Waals surface area contributed by atoms with Crippen molar-refractivity contribution in [3.8, 4) is 0 Å². The van der Waals surface area contributed by atoms with Crippen LogP contribution in [0, 0.1) is 5.92 Å². The first-order valence-electron chi connectivity index (χ1n) is 6.10. The predicted molar refractivity (Wildman–Crippen MR) is 76.8 cm³/mol. The minimum absolute atomic E-state index is 0.0839. The lowest BCUT2D eigenvalue weighted by atomic mass is 9.97. The van der Waals surface area contributed by atoms with Crippen LogP contribution >= 0.6 is 23.2 Å². The van der Waals surface area contributed by atoms with Gasteiger partial charge in [-0.05, 0) is 43.9 Å². The lowest BCUT2D eigenvalue weighted by Gasteiger charge is -2.28. The molecule has 0 spiro atoms. The Morgan fingerprint density at radius 3 is 2.68 bits per heavy atom. The summed E-state index contributed by atoms with van der Waals surface area (Å²) in [5, 5.41) is 15.8. The number of amides is 2.